The Kier molecular flexibility index (Phi) is 5.98. The zero-order valence-corrected chi connectivity index (χ0v) is 16.3. The van der Waals surface area contributed by atoms with E-state index in [-0.39, 0.29) is 10.7 Å². The number of rotatable bonds is 6. The first kappa shape index (κ1) is 19.6. The maximum Gasteiger partial charge on any atom is 0.247 e. The van der Waals surface area contributed by atoms with Gasteiger partial charge in [-0.2, -0.15) is 4.31 Å². The number of hydrogen-bond acceptors (Lipinski definition) is 4. The van der Waals surface area contributed by atoms with Crippen molar-refractivity contribution in [3.05, 3.63) is 53.8 Å². The highest BCUT2D eigenvalue weighted by Crippen LogP contribution is 2.30. The fourth-order valence-electron chi connectivity index (χ4n) is 3.28. The standard InChI is InChI=1S/C19H23FN2O4S/c1-25-17-6-7-18(26-2)19(13-17)27(23,24)22-10-8-21(9-11-22)14-15-4-3-5-16(20)12-15/h3-7,12-13H,8-11,14H2,1-2H3/p+1. The molecule has 1 heterocycles. The Labute approximate surface area is 159 Å². The van der Waals surface area contributed by atoms with Crippen molar-refractivity contribution in [1.29, 1.82) is 0 Å². The number of piperazine rings is 1. The molecule has 1 saturated heterocycles. The lowest BCUT2D eigenvalue weighted by Gasteiger charge is -2.31. The van der Waals surface area contributed by atoms with Crippen LogP contribution in [0.4, 0.5) is 4.39 Å². The van der Waals surface area contributed by atoms with Gasteiger partial charge in [-0.1, -0.05) is 12.1 Å². The van der Waals surface area contributed by atoms with Crippen LogP contribution in [0.3, 0.4) is 0 Å². The summed E-state index contributed by atoms with van der Waals surface area (Å²) in [5.41, 5.74) is 0.913. The number of nitrogens with zero attached hydrogens (tertiary/aromatic N) is 1. The Morgan fingerprint density at radius 3 is 2.44 bits per heavy atom. The predicted molar refractivity (Wildman–Crippen MR) is 99.1 cm³/mol. The van der Waals surface area contributed by atoms with Gasteiger partial charge in [0.1, 0.15) is 28.8 Å². The fourth-order valence-corrected chi connectivity index (χ4v) is 4.89. The molecule has 2 aromatic rings. The van der Waals surface area contributed by atoms with Gasteiger partial charge in [-0.05, 0) is 24.3 Å². The molecule has 1 aliphatic heterocycles. The smallest absolute Gasteiger partial charge is 0.247 e. The summed E-state index contributed by atoms with van der Waals surface area (Å²) in [6, 6.07) is 11.3. The summed E-state index contributed by atoms with van der Waals surface area (Å²) in [5, 5.41) is 0. The van der Waals surface area contributed by atoms with Crippen LogP contribution in [0.1, 0.15) is 5.56 Å². The zero-order chi connectivity index (χ0) is 19.4. The van der Waals surface area contributed by atoms with Gasteiger partial charge in [-0.15, -0.1) is 0 Å². The highest BCUT2D eigenvalue weighted by molar-refractivity contribution is 7.89. The Bertz CT molecular complexity index is 896. The quantitative estimate of drug-likeness (QED) is 0.791. The monoisotopic (exact) mass is 395 g/mol. The first-order chi connectivity index (χ1) is 12.9. The number of quaternary nitrogens is 1. The number of ether oxygens (including phenoxy) is 2. The SMILES string of the molecule is COc1ccc(OC)c(S(=O)(=O)N2CC[NH+](Cc3cccc(F)c3)CC2)c1. The maximum atomic E-state index is 13.3. The van der Waals surface area contributed by atoms with E-state index in [9.17, 15) is 12.8 Å². The summed E-state index contributed by atoms with van der Waals surface area (Å²) in [4.78, 5) is 1.34. The van der Waals surface area contributed by atoms with E-state index in [4.69, 9.17) is 9.47 Å². The van der Waals surface area contributed by atoms with Crippen LogP contribution in [0.2, 0.25) is 0 Å². The summed E-state index contributed by atoms with van der Waals surface area (Å²) >= 11 is 0. The van der Waals surface area contributed by atoms with E-state index in [0.29, 0.717) is 44.2 Å². The lowest BCUT2D eigenvalue weighted by atomic mass is 10.2. The van der Waals surface area contributed by atoms with Crippen LogP contribution >= 0.6 is 0 Å². The van der Waals surface area contributed by atoms with Gasteiger partial charge in [0.15, 0.2) is 0 Å². The Morgan fingerprint density at radius 1 is 1.07 bits per heavy atom. The van der Waals surface area contributed by atoms with Crippen molar-refractivity contribution in [2.45, 2.75) is 11.4 Å². The molecule has 0 bridgehead atoms. The zero-order valence-electron chi connectivity index (χ0n) is 15.4. The summed E-state index contributed by atoms with van der Waals surface area (Å²) < 4.78 is 51.4. The number of nitrogens with one attached hydrogen (secondary N) is 1. The summed E-state index contributed by atoms with van der Waals surface area (Å²) in [6.07, 6.45) is 0. The second kappa shape index (κ2) is 8.24. The summed E-state index contributed by atoms with van der Waals surface area (Å²) in [7, 11) is -0.746. The van der Waals surface area contributed by atoms with Crippen molar-refractivity contribution in [2.24, 2.45) is 0 Å². The molecule has 0 aliphatic carbocycles. The molecule has 3 rings (SSSR count). The molecule has 1 fully saturated rings. The molecule has 6 nitrogen and oxygen atoms in total. The highest BCUT2D eigenvalue weighted by Gasteiger charge is 2.32. The number of hydrogen-bond donors (Lipinski definition) is 1. The molecule has 0 unspecified atom stereocenters. The Balaban J connectivity index is 1.71. The average Bonchev–Trinajstić information content (AvgIpc) is 2.68. The molecule has 0 aromatic heterocycles. The minimum Gasteiger partial charge on any atom is -0.497 e. The van der Waals surface area contributed by atoms with E-state index >= 15 is 0 Å². The van der Waals surface area contributed by atoms with Crippen molar-refractivity contribution in [1.82, 2.24) is 4.31 Å². The normalized spacial score (nSPS) is 16.3. The van der Waals surface area contributed by atoms with Crippen molar-refractivity contribution in [3.8, 4) is 11.5 Å². The molecule has 0 saturated carbocycles. The first-order valence-corrected chi connectivity index (χ1v) is 10.2. The molecule has 27 heavy (non-hydrogen) atoms. The first-order valence-electron chi connectivity index (χ1n) is 8.74. The molecule has 1 aliphatic rings. The molecule has 0 spiro atoms. The number of halogens is 1. The van der Waals surface area contributed by atoms with E-state index < -0.39 is 10.0 Å². The minimum absolute atomic E-state index is 0.109. The van der Waals surface area contributed by atoms with Crippen LogP contribution in [0.15, 0.2) is 47.4 Å². The molecule has 2 aromatic carbocycles. The minimum atomic E-state index is -3.69. The predicted octanol–water partition coefficient (Wildman–Crippen LogP) is 0.932. The maximum absolute atomic E-state index is 13.3. The molecule has 1 N–H and O–H groups in total. The second-order valence-electron chi connectivity index (χ2n) is 6.48. The number of sulfonamides is 1. The fraction of sp³-hybridized carbons (Fsp3) is 0.368. The van der Waals surface area contributed by atoms with Crippen molar-refractivity contribution in [3.63, 3.8) is 0 Å². The topological polar surface area (TPSA) is 60.3 Å². The third kappa shape index (κ3) is 4.40. The number of benzene rings is 2. The van der Waals surface area contributed by atoms with Gasteiger partial charge >= 0.3 is 0 Å². The van der Waals surface area contributed by atoms with Crippen LogP contribution in [-0.2, 0) is 16.6 Å². The van der Waals surface area contributed by atoms with Crippen LogP contribution in [0.5, 0.6) is 11.5 Å². The van der Waals surface area contributed by atoms with Gasteiger partial charge in [0.05, 0.1) is 40.4 Å². The summed E-state index contributed by atoms with van der Waals surface area (Å²) in [5.74, 6) is 0.508. The highest BCUT2D eigenvalue weighted by atomic mass is 32.2. The lowest BCUT2D eigenvalue weighted by Crippen LogP contribution is -3.13. The molecule has 8 heteroatoms. The Morgan fingerprint density at radius 2 is 1.81 bits per heavy atom. The van der Waals surface area contributed by atoms with E-state index in [0.717, 1.165) is 5.56 Å². The molecule has 0 radical (unpaired) electrons. The van der Waals surface area contributed by atoms with E-state index in [2.05, 4.69) is 0 Å². The van der Waals surface area contributed by atoms with Gasteiger partial charge < -0.3 is 14.4 Å². The van der Waals surface area contributed by atoms with E-state index in [1.54, 1.807) is 18.2 Å². The van der Waals surface area contributed by atoms with E-state index in [1.807, 2.05) is 6.07 Å². The molecular weight excluding hydrogens is 371 g/mol. The molecular formula is C19H24FN2O4S+. The van der Waals surface area contributed by atoms with Gasteiger partial charge in [0.25, 0.3) is 0 Å². The summed E-state index contributed by atoms with van der Waals surface area (Å²) in [6.45, 7) is 2.78. The third-order valence-corrected chi connectivity index (χ3v) is 6.68. The number of methoxy groups -OCH3 is 2. The van der Waals surface area contributed by atoms with Crippen molar-refractivity contribution >= 4 is 10.0 Å². The van der Waals surface area contributed by atoms with Gasteiger partial charge in [-0.3, -0.25) is 0 Å². The lowest BCUT2D eigenvalue weighted by molar-refractivity contribution is -0.917. The van der Waals surface area contributed by atoms with Crippen LogP contribution in [0, 0.1) is 5.82 Å². The van der Waals surface area contributed by atoms with Gasteiger partial charge in [-0.25, -0.2) is 12.8 Å². The van der Waals surface area contributed by atoms with Crippen molar-refractivity contribution in [2.75, 3.05) is 40.4 Å². The van der Waals surface area contributed by atoms with Crippen LogP contribution in [-0.4, -0.2) is 53.1 Å². The molecule has 0 atom stereocenters. The van der Waals surface area contributed by atoms with Crippen molar-refractivity contribution < 1.29 is 27.2 Å². The van der Waals surface area contributed by atoms with E-state index in [1.165, 1.54) is 41.6 Å². The molecule has 0 amide bonds. The Hall–Kier alpha value is -2.16. The molecule has 146 valence electrons. The second-order valence-corrected chi connectivity index (χ2v) is 8.38. The van der Waals surface area contributed by atoms with Crippen LogP contribution < -0.4 is 14.4 Å². The van der Waals surface area contributed by atoms with Crippen LogP contribution in [0.25, 0.3) is 0 Å². The largest absolute Gasteiger partial charge is 0.497 e. The van der Waals surface area contributed by atoms with Gasteiger partial charge in [0, 0.05) is 11.6 Å². The third-order valence-electron chi connectivity index (χ3n) is 4.76. The average molecular weight is 395 g/mol. The van der Waals surface area contributed by atoms with Gasteiger partial charge in [0.2, 0.25) is 10.0 Å².